The van der Waals surface area contributed by atoms with Gasteiger partial charge in [-0.1, -0.05) is 30.3 Å². The van der Waals surface area contributed by atoms with Crippen LogP contribution in [0.3, 0.4) is 0 Å². The summed E-state index contributed by atoms with van der Waals surface area (Å²) in [5.41, 5.74) is 0.224. The number of aryl methyl sites for hydroxylation is 1. The quantitative estimate of drug-likeness (QED) is 0.545. The molecule has 1 aromatic carbocycles. The van der Waals surface area contributed by atoms with Gasteiger partial charge in [-0.2, -0.15) is 0 Å². The molecule has 0 saturated heterocycles. The van der Waals surface area contributed by atoms with Crippen molar-refractivity contribution >= 4 is 0 Å². The van der Waals surface area contributed by atoms with E-state index in [4.69, 9.17) is 4.74 Å². The Kier molecular flexibility index (Phi) is 4.90. The van der Waals surface area contributed by atoms with Gasteiger partial charge in [0.05, 0.1) is 0 Å². The van der Waals surface area contributed by atoms with E-state index in [0.29, 0.717) is 5.56 Å². The largest absolute Gasteiger partial charge is 0.502 e. The number of nitrogens with zero attached hydrogens (tertiary/aromatic N) is 2. The maximum atomic E-state index is 11.6. The zero-order valence-electron chi connectivity index (χ0n) is 13.2. The highest BCUT2D eigenvalue weighted by molar-refractivity contribution is 5.34. The summed E-state index contributed by atoms with van der Waals surface area (Å²) < 4.78 is 6.98. The number of aromatic amines is 1. The van der Waals surface area contributed by atoms with Crippen LogP contribution in [0, 0.1) is 0 Å². The minimum absolute atomic E-state index is 0.204. The second-order valence-corrected chi connectivity index (χ2v) is 5.50. The molecule has 1 aromatic heterocycles. The summed E-state index contributed by atoms with van der Waals surface area (Å²) >= 11 is 0. The minimum Gasteiger partial charge on any atom is -0.502 e. The Bertz CT molecular complexity index is 706. The molecule has 0 spiro atoms. The van der Waals surface area contributed by atoms with Crippen LogP contribution in [0.15, 0.2) is 35.1 Å². The molecule has 126 valence electrons. The lowest BCUT2D eigenvalue weighted by Crippen LogP contribution is -2.48. The number of benzene rings is 1. The molecule has 23 heavy (non-hydrogen) atoms. The van der Waals surface area contributed by atoms with Gasteiger partial charge in [0, 0.05) is 7.05 Å². The van der Waals surface area contributed by atoms with E-state index in [0.717, 1.165) is 0 Å². The zero-order valence-corrected chi connectivity index (χ0v) is 13.2. The van der Waals surface area contributed by atoms with Crippen LogP contribution < -0.4 is 5.56 Å². The summed E-state index contributed by atoms with van der Waals surface area (Å²) in [5, 5.41) is 32.2. The minimum atomic E-state index is -2.18. The summed E-state index contributed by atoms with van der Waals surface area (Å²) in [6.45, 7) is -0.446. The third-order valence-corrected chi connectivity index (χ3v) is 3.60. The van der Waals surface area contributed by atoms with Crippen molar-refractivity contribution in [1.82, 2.24) is 14.7 Å². The number of H-pyrrole nitrogens is 1. The van der Waals surface area contributed by atoms with Gasteiger partial charge in [-0.15, -0.1) is 0 Å². The summed E-state index contributed by atoms with van der Waals surface area (Å²) in [7, 11) is 4.54. The molecular weight excluding hydrogens is 302 g/mol. The number of ether oxygens (including phenoxy) is 1. The zero-order chi connectivity index (χ0) is 17.2. The van der Waals surface area contributed by atoms with Gasteiger partial charge in [0.15, 0.2) is 0 Å². The first-order chi connectivity index (χ1) is 10.7. The van der Waals surface area contributed by atoms with Crippen LogP contribution >= 0.6 is 0 Å². The van der Waals surface area contributed by atoms with Gasteiger partial charge in [0.1, 0.15) is 18.4 Å². The van der Waals surface area contributed by atoms with Crippen molar-refractivity contribution in [3.63, 3.8) is 0 Å². The normalized spacial score (nSPS) is 13.5. The van der Waals surface area contributed by atoms with Crippen LogP contribution in [0.2, 0.25) is 0 Å². The van der Waals surface area contributed by atoms with E-state index in [9.17, 15) is 20.1 Å². The van der Waals surface area contributed by atoms with Crippen LogP contribution in [0.5, 0.6) is 5.75 Å². The molecule has 0 saturated carbocycles. The number of aromatic hydroxyl groups is 1. The lowest BCUT2D eigenvalue weighted by atomic mass is 10.1. The number of hydrogen-bond donors (Lipinski definition) is 4. The number of nitrogens with one attached hydrogen (secondary N) is 1. The van der Waals surface area contributed by atoms with Crippen LogP contribution in [0.1, 0.15) is 17.4 Å². The Balaban J connectivity index is 2.40. The summed E-state index contributed by atoms with van der Waals surface area (Å²) in [4.78, 5) is 12.8. The molecule has 8 nitrogen and oxygen atoms in total. The van der Waals surface area contributed by atoms with Crippen LogP contribution in [0.25, 0.3) is 0 Å². The smallest absolute Gasteiger partial charge is 0.306 e. The number of aliphatic hydroxyl groups is 2. The Morgan fingerprint density at radius 3 is 2.39 bits per heavy atom. The van der Waals surface area contributed by atoms with Gasteiger partial charge in [-0.3, -0.25) is 19.5 Å². The van der Waals surface area contributed by atoms with Gasteiger partial charge in [0.2, 0.25) is 11.7 Å². The topological polar surface area (TPSA) is 111 Å². The second kappa shape index (κ2) is 6.55. The van der Waals surface area contributed by atoms with Crippen LogP contribution in [0.4, 0.5) is 0 Å². The Labute approximate surface area is 133 Å². The Morgan fingerprint density at radius 1 is 1.30 bits per heavy atom. The Hall–Kier alpha value is -2.13. The van der Waals surface area contributed by atoms with E-state index in [-0.39, 0.29) is 5.69 Å². The molecule has 2 aromatic rings. The number of hydrogen-bond acceptors (Lipinski definition) is 6. The molecule has 8 heteroatoms. The molecule has 0 bridgehead atoms. The average molecular weight is 323 g/mol. The standard InChI is InChI=1S/C15H21N3O5/c1-17(2)15(21,22)9-23-13(10-7-5-4-6-8-10)11-12(19)14(20)16-18(11)3/h4-8,13,19,21-22H,9H2,1-3H3,(H,16,20). The van der Waals surface area contributed by atoms with Gasteiger partial charge in [-0.05, 0) is 19.7 Å². The molecule has 1 heterocycles. The fraction of sp³-hybridized carbons (Fsp3) is 0.400. The Morgan fingerprint density at radius 2 is 1.91 bits per heavy atom. The molecule has 0 radical (unpaired) electrons. The van der Waals surface area contributed by atoms with Gasteiger partial charge in [-0.25, -0.2) is 0 Å². The highest BCUT2D eigenvalue weighted by Crippen LogP contribution is 2.30. The van der Waals surface area contributed by atoms with Crippen molar-refractivity contribution < 1.29 is 20.1 Å². The maximum absolute atomic E-state index is 11.6. The second-order valence-electron chi connectivity index (χ2n) is 5.50. The summed E-state index contributed by atoms with van der Waals surface area (Å²) in [6.07, 6.45) is -0.848. The van der Waals surface area contributed by atoms with Gasteiger partial charge >= 0.3 is 5.56 Å². The number of aromatic nitrogens is 2. The lowest BCUT2D eigenvalue weighted by molar-refractivity contribution is -0.279. The highest BCUT2D eigenvalue weighted by atomic mass is 16.6. The van der Waals surface area contributed by atoms with Gasteiger partial charge < -0.3 is 20.1 Å². The molecule has 4 N–H and O–H groups in total. The fourth-order valence-corrected chi connectivity index (χ4v) is 2.13. The molecule has 2 rings (SSSR count). The van der Waals surface area contributed by atoms with E-state index in [2.05, 4.69) is 5.10 Å². The molecule has 0 amide bonds. The summed E-state index contributed by atoms with van der Waals surface area (Å²) in [5.74, 6) is -2.65. The van der Waals surface area contributed by atoms with Crippen molar-refractivity contribution in [2.45, 2.75) is 12.0 Å². The maximum Gasteiger partial charge on any atom is 0.306 e. The van der Waals surface area contributed by atoms with E-state index in [1.54, 1.807) is 31.3 Å². The van der Waals surface area contributed by atoms with Crippen molar-refractivity contribution in [3.8, 4) is 5.75 Å². The van der Waals surface area contributed by atoms with Gasteiger partial charge in [0.25, 0.3) is 0 Å². The molecule has 0 aliphatic carbocycles. The predicted molar refractivity (Wildman–Crippen MR) is 82.8 cm³/mol. The third-order valence-electron chi connectivity index (χ3n) is 3.60. The number of likely N-dealkylation sites (N-methyl/N-ethyl adjacent to an activating group) is 1. The molecule has 1 unspecified atom stereocenters. The molecule has 0 aliphatic rings. The van der Waals surface area contributed by atoms with Crippen LogP contribution in [-0.4, -0.2) is 56.6 Å². The van der Waals surface area contributed by atoms with Crippen molar-refractivity contribution in [2.24, 2.45) is 7.05 Å². The van der Waals surface area contributed by atoms with Crippen molar-refractivity contribution in [2.75, 3.05) is 20.7 Å². The SMILES string of the molecule is CN(C)C(O)(O)COC(c1ccccc1)c1c(O)c(=O)[nH]n1C. The highest BCUT2D eigenvalue weighted by Gasteiger charge is 2.31. The molecular formula is C15H21N3O5. The van der Waals surface area contributed by atoms with E-state index < -0.39 is 29.9 Å². The third kappa shape index (κ3) is 3.62. The van der Waals surface area contributed by atoms with E-state index in [1.807, 2.05) is 6.07 Å². The summed E-state index contributed by atoms with van der Waals surface area (Å²) in [6, 6.07) is 8.90. The van der Waals surface area contributed by atoms with E-state index >= 15 is 0 Å². The van der Waals surface area contributed by atoms with E-state index in [1.165, 1.54) is 23.7 Å². The monoisotopic (exact) mass is 323 g/mol. The first kappa shape index (κ1) is 17.2. The first-order valence-electron chi connectivity index (χ1n) is 7.00. The van der Waals surface area contributed by atoms with Crippen LogP contribution in [-0.2, 0) is 11.8 Å². The van der Waals surface area contributed by atoms with Crippen molar-refractivity contribution in [1.29, 1.82) is 0 Å². The molecule has 1 atom stereocenters. The van der Waals surface area contributed by atoms with Crippen molar-refractivity contribution in [3.05, 3.63) is 51.9 Å². The number of rotatable bonds is 6. The fourth-order valence-electron chi connectivity index (χ4n) is 2.13. The molecule has 0 fully saturated rings. The predicted octanol–water partition coefficient (Wildman–Crippen LogP) is -0.275. The average Bonchev–Trinajstić information content (AvgIpc) is 2.75. The first-order valence-corrected chi connectivity index (χ1v) is 7.00. The molecule has 0 aliphatic heterocycles. The lowest BCUT2D eigenvalue weighted by Gasteiger charge is -2.30.